The molecule has 2 heterocycles. The molecule has 0 saturated heterocycles. The number of carbonyl (C=O) groups excluding carboxylic acids is 1. The largest absolute Gasteiger partial charge is 0.355 e. The number of amides is 1. The van der Waals surface area contributed by atoms with Crippen molar-refractivity contribution in [3.63, 3.8) is 0 Å². The average Bonchev–Trinajstić information content (AvgIpc) is 3.04. The Morgan fingerprint density at radius 1 is 1.42 bits per heavy atom. The second-order valence-corrected chi connectivity index (χ2v) is 8.51. The third-order valence-electron chi connectivity index (χ3n) is 3.37. The van der Waals surface area contributed by atoms with Gasteiger partial charge in [0.15, 0.2) is 0 Å². The fraction of sp³-hybridized carbons (Fsp3) is 0.500. The van der Waals surface area contributed by atoms with Crippen LogP contribution in [0.5, 0.6) is 0 Å². The molecule has 1 N–H and O–H groups in total. The third kappa shape index (κ3) is 4.86. The van der Waals surface area contributed by atoms with Gasteiger partial charge >= 0.3 is 0 Å². The van der Waals surface area contributed by atoms with E-state index in [-0.39, 0.29) is 12.5 Å². The van der Waals surface area contributed by atoms with Crippen LogP contribution in [0.15, 0.2) is 11.4 Å². The lowest BCUT2D eigenvalue weighted by atomic mass is 10.3. The monoisotopic (exact) mass is 371 g/mol. The minimum atomic E-state index is -3.35. The Morgan fingerprint density at radius 2 is 2.12 bits per heavy atom. The number of carbonyl (C=O) groups is 1. The average molecular weight is 371 g/mol. The highest BCUT2D eigenvalue weighted by atomic mass is 32.2. The van der Waals surface area contributed by atoms with Gasteiger partial charge in [0.1, 0.15) is 0 Å². The molecule has 0 radical (unpaired) electrons. The summed E-state index contributed by atoms with van der Waals surface area (Å²) >= 11 is 1.49. The number of hydrogen-bond donors (Lipinski definition) is 1. The van der Waals surface area contributed by atoms with Crippen molar-refractivity contribution in [3.8, 4) is 5.13 Å². The summed E-state index contributed by atoms with van der Waals surface area (Å²) in [5.74, 6) is -0.336. The highest BCUT2D eigenvalue weighted by Crippen LogP contribution is 2.17. The molecule has 0 atom stereocenters. The summed E-state index contributed by atoms with van der Waals surface area (Å²) < 4.78 is 25.3. The zero-order valence-corrected chi connectivity index (χ0v) is 15.7. The lowest BCUT2D eigenvalue weighted by Gasteiger charge is -2.13. The molecule has 0 aromatic carbocycles. The normalized spacial score (nSPS) is 11.9. The number of hydrogen-bond acceptors (Lipinski definition) is 6. The van der Waals surface area contributed by atoms with Crippen molar-refractivity contribution in [2.24, 2.45) is 0 Å². The smallest absolute Gasteiger partial charge is 0.235 e. The Kier molecular flexibility index (Phi) is 5.73. The van der Waals surface area contributed by atoms with E-state index >= 15 is 0 Å². The number of aryl methyl sites for hydroxylation is 2. The van der Waals surface area contributed by atoms with Gasteiger partial charge in [-0.15, -0.1) is 11.3 Å². The van der Waals surface area contributed by atoms with Crippen LogP contribution < -0.4 is 5.32 Å². The van der Waals surface area contributed by atoms with Crippen LogP contribution >= 0.6 is 11.3 Å². The lowest BCUT2D eigenvalue weighted by molar-refractivity contribution is -0.121. The molecule has 0 aliphatic heterocycles. The van der Waals surface area contributed by atoms with Gasteiger partial charge < -0.3 is 5.32 Å². The minimum Gasteiger partial charge on any atom is -0.355 e. The van der Waals surface area contributed by atoms with Crippen molar-refractivity contribution in [2.75, 3.05) is 26.4 Å². The molecule has 2 rings (SSSR count). The van der Waals surface area contributed by atoms with Crippen LogP contribution in [0.4, 0.5) is 0 Å². The first kappa shape index (κ1) is 18.6. The maximum absolute atomic E-state index is 11.7. The number of sulfonamides is 1. The van der Waals surface area contributed by atoms with Crippen LogP contribution in [0.2, 0.25) is 0 Å². The maximum atomic E-state index is 11.7. The first-order valence-electron chi connectivity index (χ1n) is 7.33. The van der Waals surface area contributed by atoms with Gasteiger partial charge in [-0.3, -0.25) is 4.79 Å². The first-order chi connectivity index (χ1) is 11.2. The van der Waals surface area contributed by atoms with E-state index in [0.717, 1.165) is 32.8 Å². The standard InChI is InChI=1S/C14H21N5O3S2/c1-10-7-11(2)19(17-10)14-16-12(9-23-14)5-6-15-13(20)8-18(3)24(4,21)22/h7,9H,5-6,8H2,1-4H3,(H,15,20). The first-order valence-corrected chi connectivity index (χ1v) is 10.1. The van der Waals surface area contributed by atoms with Gasteiger partial charge in [-0.2, -0.15) is 9.40 Å². The van der Waals surface area contributed by atoms with E-state index in [4.69, 9.17) is 0 Å². The van der Waals surface area contributed by atoms with E-state index in [0.29, 0.717) is 13.0 Å². The molecule has 8 nitrogen and oxygen atoms in total. The third-order valence-corrected chi connectivity index (χ3v) is 5.49. The Bertz CT molecular complexity index is 825. The van der Waals surface area contributed by atoms with E-state index in [1.807, 2.05) is 25.3 Å². The molecular weight excluding hydrogens is 350 g/mol. The lowest BCUT2D eigenvalue weighted by Crippen LogP contribution is -2.38. The number of thiazole rings is 1. The Morgan fingerprint density at radius 3 is 2.71 bits per heavy atom. The molecular formula is C14H21N5O3S2. The number of rotatable bonds is 7. The van der Waals surface area contributed by atoms with Crippen LogP contribution in [0.25, 0.3) is 5.13 Å². The summed E-state index contributed by atoms with van der Waals surface area (Å²) in [5, 5.41) is 9.81. The van der Waals surface area contributed by atoms with Gasteiger partial charge in [0.05, 0.1) is 24.2 Å². The molecule has 24 heavy (non-hydrogen) atoms. The summed E-state index contributed by atoms with van der Waals surface area (Å²) in [7, 11) is -1.98. The molecule has 132 valence electrons. The van der Waals surface area contributed by atoms with Crippen molar-refractivity contribution in [1.29, 1.82) is 0 Å². The Balaban J connectivity index is 1.86. The second-order valence-electron chi connectivity index (χ2n) is 5.58. The molecule has 0 aliphatic carbocycles. The number of aromatic nitrogens is 3. The zero-order chi connectivity index (χ0) is 17.9. The highest BCUT2D eigenvalue weighted by Gasteiger charge is 2.15. The van der Waals surface area contributed by atoms with Crippen molar-refractivity contribution in [1.82, 2.24) is 24.4 Å². The Labute approximate surface area is 145 Å². The molecule has 2 aromatic heterocycles. The second kappa shape index (κ2) is 7.41. The summed E-state index contributed by atoms with van der Waals surface area (Å²) in [6.07, 6.45) is 1.64. The minimum absolute atomic E-state index is 0.188. The molecule has 0 fully saturated rings. The number of likely N-dealkylation sites (N-methyl/N-ethyl adjacent to an activating group) is 1. The van der Waals surface area contributed by atoms with Gasteiger partial charge in [-0.25, -0.2) is 18.1 Å². The molecule has 0 aliphatic rings. The van der Waals surface area contributed by atoms with Crippen LogP contribution in [-0.2, 0) is 21.2 Å². The molecule has 0 unspecified atom stereocenters. The van der Waals surface area contributed by atoms with E-state index in [2.05, 4.69) is 15.4 Å². The van der Waals surface area contributed by atoms with Gasteiger partial charge in [0.2, 0.25) is 21.1 Å². The maximum Gasteiger partial charge on any atom is 0.235 e. The zero-order valence-electron chi connectivity index (χ0n) is 14.1. The molecule has 1 amide bonds. The van der Waals surface area contributed by atoms with Gasteiger partial charge in [0.25, 0.3) is 0 Å². The summed E-state index contributed by atoms with van der Waals surface area (Å²) in [6.45, 7) is 4.12. The van der Waals surface area contributed by atoms with Gasteiger partial charge in [-0.05, 0) is 19.9 Å². The van der Waals surface area contributed by atoms with Crippen LogP contribution in [-0.4, -0.2) is 59.8 Å². The highest BCUT2D eigenvalue weighted by molar-refractivity contribution is 7.88. The molecule has 0 bridgehead atoms. The number of nitrogens with zero attached hydrogens (tertiary/aromatic N) is 4. The van der Waals surface area contributed by atoms with Crippen molar-refractivity contribution < 1.29 is 13.2 Å². The van der Waals surface area contributed by atoms with Crippen molar-refractivity contribution >= 4 is 27.3 Å². The SMILES string of the molecule is Cc1cc(C)n(-c2nc(CCNC(=O)CN(C)S(C)(=O)=O)cs2)n1. The van der Waals surface area contributed by atoms with Crippen LogP contribution in [0.3, 0.4) is 0 Å². The van der Waals surface area contributed by atoms with E-state index in [1.54, 1.807) is 4.68 Å². The molecule has 0 saturated carbocycles. The summed E-state index contributed by atoms with van der Waals surface area (Å²) in [6, 6.07) is 1.99. The molecule has 10 heteroatoms. The van der Waals surface area contributed by atoms with Gasteiger partial charge in [0, 0.05) is 31.1 Å². The van der Waals surface area contributed by atoms with Crippen LogP contribution in [0, 0.1) is 13.8 Å². The molecule has 2 aromatic rings. The van der Waals surface area contributed by atoms with E-state index in [1.165, 1.54) is 18.4 Å². The quantitative estimate of drug-likeness (QED) is 0.764. The summed E-state index contributed by atoms with van der Waals surface area (Å²) in [4.78, 5) is 16.2. The van der Waals surface area contributed by atoms with Crippen molar-refractivity contribution in [2.45, 2.75) is 20.3 Å². The van der Waals surface area contributed by atoms with Crippen LogP contribution in [0.1, 0.15) is 17.1 Å². The van der Waals surface area contributed by atoms with Gasteiger partial charge in [-0.1, -0.05) is 0 Å². The fourth-order valence-corrected chi connectivity index (χ4v) is 3.25. The van der Waals surface area contributed by atoms with E-state index < -0.39 is 10.0 Å². The molecule has 0 spiro atoms. The fourth-order valence-electron chi connectivity index (χ4n) is 2.04. The Hall–Kier alpha value is -1.78. The topological polar surface area (TPSA) is 97.2 Å². The predicted molar refractivity (Wildman–Crippen MR) is 92.9 cm³/mol. The predicted octanol–water partition coefficient (Wildman–Crippen LogP) is 0.496. The number of nitrogens with one attached hydrogen (secondary N) is 1. The van der Waals surface area contributed by atoms with Crippen molar-refractivity contribution in [3.05, 3.63) is 28.5 Å². The summed E-state index contributed by atoms with van der Waals surface area (Å²) in [5.41, 5.74) is 2.82. The van der Waals surface area contributed by atoms with E-state index in [9.17, 15) is 13.2 Å².